The van der Waals surface area contributed by atoms with Crippen molar-refractivity contribution in [2.45, 2.75) is 19.9 Å². The van der Waals surface area contributed by atoms with Crippen LogP contribution in [0.1, 0.15) is 13.8 Å². The molecule has 0 amide bonds. The van der Waals surface area contributed by atoms with Crippen molar-refractivity contribution in [2.24, 2.45) is 10.9 Å². The number of nitrogens with zero attached hydrogens (tertiary/aromatic N) is 1. The van der Waals surface area contributed by atoms with Gasteiger partial charge in [-0.2, -0.15) is 0 Å². The molecule has 0 radical (unpaired) electrons. The predicted molar refractivity (Wildman–Crippen MR) is 76.3 cm³/mol. The van der Waals surface area contributed by atoms with Gasteiger partial charge in [0.1, 0.15) is 0 Å². The highest BCUT2D eigenvalue weighted by Crippen LogP contribution is 2.25. The molecule has 1 N–H and O–H groups in total. The molecule has 0 fully saturated rings. The summed E-state index contributed by atoms with van der Waals surface area (Å²) in [5, 5.41) is 4.39. The number of amidine groups is 1. The van der Waals surface area contributed by atoms with Gasteiger partial charge in [0, 0.05) is 15.9 Å². The van der Waals surface area contributed by atoms with E-state index in [1.54, 1.807) is 11.8 Å². The van der Waals surface area contributed by atoms with E-state index in [-0.39, 0.29) is 0 Å². The molecule has 86 valence electrons. The lowest BCUT2D eigenvalue weighted by Gasteiger charge is -2.08. The number of aliphatic imine (C=N–C) groups is 1. The van der Waals surface area contributed by atoms with Crippen LogP contribution in [0.15, 0.2) is 33.7 Å². The van der Waals surface area contributed by atoms with Gasteiger partial charge in [0.25, 0.3) is 0 Å². The van der Waals surface area contributed by atoms with Gasteiger partial charge in [0.05, 0.1) is 6.04 Å². The van der Waals surface area contributed by atoms with E-state index in [4.69, 9.17) is 0 Å². The summed E-state index contributed by atoms with van der Waals surface area (Å²) >= 11 is 5.26. The number of benzene rings is 1. The molecule has 2 rings (SSSR count). The van der Waals surface area contributed by atoms with Crippen LogP contribution in [-0.4, -0.2) is 17.0 Å². The third-order valence-electron chi connectivity index (χ3n) is 2.52. The van der Waals surface area contributed by atoms with Gasteiger partial charge in [-0.15, -0.1) is 0 Å². The molecule has 16 heavy (non-hydrogen) atoms. The van der Waals surface area contributed by atoms with Crippen LogP contribution in [0.25, 0.3) is 0 Å². The highest BCUT2D eigenvalue weighted by Gasteiger charge is 2.20. The fourth-order valence-corrected chi connectivity index (χ4v) is 3.08. The summed E-state index contributed by atoms with van der Waals surface area (Å²) in [7, 11) is 0. The Morgan fingerprint density at radius 2 is 2.31 bits per heavy atom. The normalized spacial score (nSPS) is 20.0. The molecule has 2 nitrogen and oxygen atoms in total. The van der Waals surface area contributed by atoms with Crippen molar-refractivity contribution in [2.75, 3.05) is 11.1 Å². The Morgan fingerprint density at radius 3 is 2.94 bits per heavy atom. The van der Waals surface area contributed by atoms with Crippen LogP contribution < -0.4 is 5.32 Å². The zero-order chi connectivity index (χ0) is 11.5. The van der Waals surface area contributed by atoms with E-state index in [1.807, 2.05) is 12.1 Å². The molecular formula is C12H15BrN2S. The average Bonchev–Trinajstić information content (AvgIpc) is 2.66. The number of nitrogens with one attached hydrogen (secondary N) is 1. The molecule has 0 aromatic heterocycles. The first-order valence-corrected chi connectivity index (χ1v) is 7.16. The lowest BCUT2D eigenvalue weighted by molar-refractivity contribution is 0.543. The zero-order valence-electron chi connectivity index (χ0n) is 9.40. The molecule has 1 aromatic carbocycles. The summed E-state index contributed by atoms with van der Waals surface area (Å²) in [5.41, 5.74) is 1.09. The van der Waals surface area contributed by atoms with Crippen molar-refractivity contribution in [1.29, 1.82) is 0 Å². The van der Waals surface area contributed by atoms with E-state index in [2.05, 4.69) is 52.2 Å². The first kappa shape index (κ1) is 12.0. The van der Waals surface area contributed by atoms with Gasteiger partial charge in [-0.25, -0.2) is 0 Å². The molecule has 0 saturated heterocycles. The summed E-state index contributed by atoms with van der Waals surface area (Å²) in [6.07, 6.45) is 0. The SMILES string of the molecule is CC(C)[C@H]1CSC(Nc2cccc(Br)c2)=N1. The number of halogens is 1. The fraction of sp³-hybridized carbons (Fsp3) is 0.417. The molecule has 1 aromatic rings. The van der Waals surface area contributed by atoms with Crippen LogP contribution in [0.2, 0.25) is 0 Å². The second-order valence-electron chi connectivity index (χ2n) is 4.19. The minimum absolute atomic E-state index is 0.458. The quantitative estimate of drug-likeness (QED) is 0.893. The molecule has 0 aliphatic carbocycles. The Balaban J connectivity index is 2.03. The van der Waals surface area contributed by atoms with Crippen molar-refractivity contribution < 1.29 is 0 Å². The Bertz CT molecular complexity index is 404. The highest BCUT2D eigenvalue weighted by molar-refractivity contribution is 9.10. The molecular weight excluding hydrogens is 284 g/mol. The molecule has 0 saturated carbocycles. The summed E-state index contributed by atoms with van der Waals surface area (Å²) in [5.74, 6) is 1.71. The van der Waals surface area contributed by atoms with Crippen LogP contribution in [-0.2, 0) is 0 Å². The van der Waals surface area contributed by atoms with Gasteiger partial charge < -0.3 is 5.32 Å². The first-order chi connectivity index (χ1) is 7.65. The Morgan fingerprint density at radius 1 is 1.50 bits per heavy atom. The number of rotatable bonds is 2. The number of hydrogen-bond donors (Lipinski definition) is 1. The smallest absolute Gasteiger partial charge is 0.161 e. The van der Waals surface area contributed by atoms with Crippen LogP contribution in [0.4, 0.5) is 5.69 Å². The topological polar surface area (TPSA) is 24.4 Å². The highest BCUT2D eigenvalue weighted by atomic mass is 79.9. The maximum Gasteiger partial charge on any atom is 0.161 e. The molecule has 1 heterocycles. The Kier molecular flexibility index (Phi) is 3.92. The van der Waals surface area contributed by atoms with Crippen LogP contribution in [0, 0.1) is 5.92 Å². The molecule has 1 atom stereocenters. The molecule has 0 spiro atoms. The molecule has 0 bridgehead atoms. The van der Waals surface area contributed by atoms with Crippen molar-refractivity contribution in [3.05, 3.63) is 28.7 Å². The Hall–Kier alpha value is -0.480. The van der Waals surface area contributed by atoms with E-state index in [1.165, 1.54) is 0 Å². The third-order valence-corrected chi connectivity index (χ3v) is 4.00. The minimum atomic E-state index is 0.458. The van der Waals surface area contributed by atoms with Crippen molar-refractivity contribution >= 4 is 38.5 Å². The van der Waals surface area contributed by atoms with Gasteiger partial charge in [0.15, 0.2) is 5.17 Å². The fourth-order valence-electron chi connectivity index (χ4n) is 1.49. The van der Waals surface area contributed by atoms with Gasteiger partial charge in [-0.1, -0.05) is 47.6 Å². The number of anilines is 1. The molecule has 1 aliphatic heterocycles. The van der Waals surface area contributed by atoms with Gasteiger partial charge in [0.2, 0.25) is 0 Å². The summed E-state index contributed by atoms with van der Waals surface area (Å²) in [6, 6.07) is 8.61. The first-order valence-electron chi connectivity index (χ1n) is 5.38. The second kappa shape index (κ2) is 5.23. The van der Waals surface area contributed by atoms with Gasteiger partial charge >= 0.3 is 0 Å². The van der Waals surface area contributed by atoms with E-state index >= 15 is 0 Å². The summed E-state index contributed by atoms with van der Waals surface area (Å²) in [6.45, 7) is 4.44. The van der Waals surface area contributed by atoms with E-state index in [0.29, 0.717) is 12.0 Å². The lowest BCUT2D eigenvalue weighted by Crippen LogP contribution is -2.12. The second-order valence-corrected chi connectivity index (χ2v) is 6.12. The van der Waals surface area contributed by atoms with E-state index in [0.717, 1.165) is 21.1 Å². The van der Waals surface area contributed by atoms with Gasteiger partial charge in [-0.3, -0.25) is 4.99 Å². The zero-order valence-corrected chi connectivity index (χ0v) is 11.8. The van der Waals surface area contributed by atoms with Crippen LogP contribution >= 0.6 is 27.7 Å². The minimum Gasteiger partial charge on any atom is -0.335 e. The monoisotopic (exact) mass is 298 g/mol. The van der Waals surface area contributed by atoms with Crippen molar-refractivity contribution in [3.63, 3.8) is 0 Å². The average molecular weight is 299 g/mol. The molecule has 4 heteroatoms. The third kappa shape index (κ3) is 3.01. The van der Waals surface area contributed by atoms with Crippen LogP contribution in [0.5, 0.6) is 0 Å². The molecule has 1 aliphatic rings. The predicted octanol–water partition coefficient (Wildman–Crippen LogP) is 3.99. The van der Waals surface area contributed by atoms with Crippen molar-refractivity contribution in [1.82, 2.24) is 0 Å². The standard InChI is InChI=1S/C12H15BrN2S/c1-8(2)11-7-16-12(15-11)14-10-5-3-4-9(13)6-10/h3-6,8,11H,7H2,1-2H3,(H,14,15)/t11-/m1/s1. The largest absolute Gasteiger partial charge is 0.335 e. The van der Waals surface area contributed by atoms with Crippen LogP contribution in [0.3, 0.4) is 0 Å². The number of hydrogen-bond acceptors (Lipinski definition) is 3. The van der Waals surface area contributed by atoms with E-state index < -0.39 is 0 Å². The summed E-state index contributed by atoms with van der Waals surface area (Å²) < 4.78 is 1.08. The number of thioether (sulfide) groups is 1. The Labute approximate surface area is 109 Å². The lowest BCUT2D eigenvalue weighted by atomic mass is 10.1. The summed E-state index contributed by atoms with van der Waals surface area (Å²) in [4.78, 5) is 4.67. The van der Waals surface area contributed by atoms with Crippen molar-refractivity contribution in [3.8, 4) is 0 Å². The maximum atomic E-state index is 4.67. The van der Waals surface area contributed by atoms with E-state index in [9.17, 15) is 0 Å². The molecule has 0 unspecified atom stereocenters. The maximum absolute atomic E-state index is 4.67. The van der Waals surface area contributed by atoms with Gasteiger partial charge in [-0.05, 0) is 24.1 Å².